The standard InChI is InChI=1S/C34H36O4S/c1-25-18-20-30(21-19-25)39-34-33(37-24-29-16-10-5-11-17-29)32(36-23-28-14-8-4-9-15-28)31(26(2)38-34)35-22-27-12-6-3-7-13-27/h3-21,26,31-34H,22-24H2,1-2H3. The molecule has 5 atom stereocenters. The second-order valence-corrected chi connectivity index (χ2v) is 11.1. The summed E-state index contributed by atoms with van der Waals surface area (Å²) < 4.78 is 26.5. The average molecular weight is 541 g/mol. The van der Waals surface area contributed by atoms with Gasteiger partial charge in [-0.05, 0) is 42.7 Å². The van der Waals surface area contributed by atoms with Gasteiger partial charge in [-0.3, -0.25) is 0 Å². The highest BCUT2D eigenvalue weighted by atomic mass is 32.2. The van der Waals surface area contributed by atoms with Crippen molar-refractivity contribution in [3.8, 4) is 0 Å². The predicted octanol–water partition coefficient (Wildman–Crippen LogP) is 7.59. The highest BCUT2D eigenvalue weighted by Gasteiger charge is 2.47. The molecule has 1 saturated heterocycles. The van der Waals surface area contributed by atoms with E-state index in [1.54, 1.807) is 11.8 Å². The zero-order chi connectivity index (χ0) is 26.9. The lowest BCUT2D eigenvalue weighted by atomic mass is 9.99. The maximum absolute atomic E-state index is 6.69. The molecule has 1 aliphatic heterocycles. The van der Waals surface area contributed by atoms with Crippen LogP contribution in [0.4, 0.5) is 0 Å². The van der Waals surface area contributed by atoms with Gasteiger partial charge in [-0.1, -0.05) is 120 Å². The molecule has 4 aromatic carbocycles. The molecule has 4 nitrogen and oxygen atoms in total. The molecule has 1 aliphatic rings. The van der Waals surface area contributed by atoms with Crippen molar-refractivity contribution in [1.29, 1.82) is 0 Å². The van der Waals surface area contributed by atoms with Crippen LogP contribution >= 0.6 is 11.8 Å². The van der Waals surface area contributed by atoms with E-state index in [1.165, 1.54) is 5.56 Å². The van der Waals surface area contributed by atoms with Gasteiger partial charge in [0.1, 0.15) is 23.7 Å². The van der Waals surface area contributed by atoms with Crippen molar-refractivity contribution >= 4 is 11.8 Å². The average Bonchev–Trinajstić information content (AvgIpc) is 2.98. The fraction of sp³-hybridized carbons (Fsp3) is 0.294. The fourth-order valence-electron chi connectivity index (χ4n) is 4.71. The minimum Gasteiger partial charge on any atom is -0.368 e. The number of aryl methyl sites for hydroxylation is 1. The first kappa shape index (κ1) is 27.6. The molecule has 0 bridgehead atoms. The van der Waals surface area contributed by atoms with Crippen molar-refractivity contribution in [2.24, 2.45) is 0 Å². The molecular formula is C34H36O4S. The summed E-state index contributed by atoms with van der Waals surface area (Å²) in [5.74, 6) is 0. The number of thioether (sulfide) groups is 1. The molecule has 0 spiro atoms. The summed E-state index contributed by atoms with van der Waals surface area (Å²) in [6, 6.07) is 39.3. The van der Waals surface area contributed by atoms with E-state index < -0.39 is 0 Å². The van der Waals surface area contributed by atoms with E-state index in [-0.39, 0.29) is 29.9 Å². The minimum atomic E-state index is -0.350. The normalized spacial score (nSPS) is 23.0. The second kappa shape index (κ2) is 13.9. The molecule has 0 radical (unpaired) electrons. The summed E-state index contributed by atoms with van der Waals surface area (Å²) in [5, 5.41) is 0. The Balaban J connectivity index is 1.42. The fourth-order valence-corrected chi connectivity index (χ4v) is 5.87. The van der Waals surface area contributed by atoms with Crippen LogP contribution in [0.3, 0.4) is 0 Å². The van der Waals surface area contributed by atoms with E-state index in [2.05, 4.69) is 74.5 Å². The Hall–Kier alpha value is -2.93. The number of benzene rings is 4. The number of ether oxygens (including phenoxy) is 4. The highest BCUT2D eigenvalue weighted by Crippen LogP contribution is 2.38. The van der Waals surface area contributed by atoms with Gasteiger partial charge in [0, 0.05) is 4.90 Å². The van der Waals surface area contributed by atoms with Gasteiger partial charge >= 0.3 is 0 Å². The van der Waals surface area contributed by atoms with Crippen molar-refractivity contribution in [3.63, 3.8) is 0 Å². The van der Waals surface area contributed by atoms with E-state index in [0.29, 0.717) is 19.8 Å². The number of hydrogen-bond donors (Lipinski definition) is 0. The van der Waals surface area contributed by atoms with Gasteiger partial charge in [-0.2, -0.15) is 0 Å². The smallest absolute Gasteiger partial charge is 0.136 e. The molecule has 0 saturated carbocycles. The molecule has 0 aliphatic carbocycles. The monoisotopic (exact) mass is 540 g/mol. The van der Waals surface area contributed by atoms with E-state index in [9.17, 15) is 0 Å². The first-order valence-corrected chi connectivity index (χ1v) is 14.4. The van der Waals surface area contributed by atoms with Crippen LogP contribution < -0.4 is 0 Å². The Morgan fingerprint density at radius 3 is 1.49 bits per heavy atom. The summed E-state index contributed by atoms with van der Waals surface area (Å²) >= 11 is 1.68. The SMILES string of the molecule is Cc1ccc(SC2OC(C)C(OCc3ccccc3)C(OCc3ccccc3)C2OCc2ccccc2)cc1. The van der Waals surface area contributed by atoms with E-state index in [0.717, 1.165) is 21.6 Å². The Bertz CT molecular complexity index is 1250. The molecule has 0 N–H and O–H groups in total. The lowest BCUT2D eigenvalue weighted by Gasteiger charge is -2.45. The van der Waals surface area contributed by atoms with E-state index >= 15 is 0 Å². The van der Waals surface area contributed by atoms with Gasteiger partial charge in [-0.15, -0.1) is 0 Å². The molecule has 4 aromatic rings. The molecule has 1 heterocycles. The first-order chi connectivity index (χ1) is 19.2. The topological polar surface area (TPSA) is 36.9 Å². The summed E-state index contributed by atoms with van der Waals surface area (Å²) in [4.78, 5) is 1.14. The van der Waals surface area contributed by atoms with Crippen molar-refractivity contribution < 1.29 is 18.9 Å². The predicted molar refractivity (Wildman–Crippen MR) is 156 cm³/mol. The van der Waals surface area contributed by atoms with Crippen LogP contribution in [0.15, 0.2) is 120 Å². The second-order valence-electron chi connectivity index (χ2n) is 9.92. The van der Waals surface area contributed by atoms with Gasteiger partial charge < -0.3 is 18.9 Å². The van der Waals surface area contributed by atoms with Crippen LogP contribution in [0.25, 0.3) is 0 Å². The molecule has 1 fully saturated rings. The third-order valence-corrected chi connectivity index (χ3v) is 8.01. The van der Waals surface area contributed by atoms with Gasteiger partial charge in [0.25, 0.3) is 0 Å². The Morgan fingerprint density at radius 2 is 1.00 bits per heavy atom. The Labute approximate surface area is 236 Å². The van der Waals surface area contributed by atoms with E-state index in [1.807, 2.05) is 54.6 Å². The summed E-state index contributed by atoms with van der Waals surface area (Å²) in [6.45, 7) is 5.58. The van der Waals surface area contributed by atoms with Gasteiger partial charge in [0.05, 0.1) is 25.9 Å². The summed E-state index contributed by atoms with van der Waals surface area (Å²) in [5.41, 5.74) is 4.31. The molecule has 5 rings (SSSR count). The quantitative estimate of drug-likeness (QED) is 0.196. The first-order valence-electron chi connectivity index (χ1n) is 13.5. The number of hydrogen-bond acceptors (Lipinski definition) is 5. The van der Waals surface area contributed by atoms with Crippen LogP contribution in [-0.2, 0) is 38.8 Å². The van der Waals surface area contributed by atoms with Gasteiger partial charge in [0.15, 0.2) is 0 Å². The van der Waals surface area contributed by atoms with E-state index in [4.69, 9.17) is 18.9 Å². The molecule has 5 unspecified atom stereocenters. The zero-order valence-electron chi connectivity index (χ0n) is 22.5. The third kappa shape index (κ3) is 7.81. The molecular weight excluding hydrogens is 504 g/mol. The van der Waals surface area contributed by atoms with Crippen LogP contribution in [-0.4, -0.2) is 29.9 Å². The Kier molecular flexibility index (Phi) is 9.86. The van der Waals surface area contributed by atoms with Crippen molar-refractivity contribution in [2.75, 3.05) is 0 Å². The molecule has 39 heavy (non-hydrogen) atoms. The maximum Gasteiger partial charge on any atom is 0.136 e. The molecule has 202 valence electrons. The van der Waals surface area contributed by atoms with Crippen LogP contribution in [0, 0.1) is 6.92 Å². The van der Waals surface area contributed by atoms with Crippen LogP contribution in [0.5, 0.6) is 0 Å². The zero-order valence-corrected chi connectivity index (χ0v) is 23.3. The molecule has 5 heteroatoms. The summed E-state index contributed by atoms with van der Waals surface area (Å²) in [6.07, 6.45) is -1.17. The van der Waals surface area contributed by atoms with Crippen molar-refractivity contribution in [2.45, 2.75) is 68.4 Å². The molecule has 0 amide bonds. The van der Waals surface area contributed by atoms with Gasteiger partial charge in [-0.25, -0.2) is 0 Å². The van der Waals surface area contributed by atoms with Crippen molar-refractivity contribution in [1.82, 2.24) is 0 Å². The summed E-state index contributed by atoms with van der Waals surface area (Å²) in [7, 11) is 0. The lowest BCUT2D eigenvalue weighted by molar-refractivity contribution is -0.242. The van der Waals surface area contributed by atoms with Crippen LogP contribution in [0.2, 0.25) is 0 Å². The minimum absolute atomic E-state index is 0.186. The van der Waals surface area contributed by atoms with Crippen molar-refractivity contribution in [3.05, 3.63) is 138 Å². The van der Waals surface area contributed by atoms with Gasteiger partial charge in [0.2, 0.25) is 0 Å². The van der Waals surface area contributed by atoms with Crippen LogP contribution in [0.1, 0.15) is 29.2 Å². The Morgan fingerprint density at radius 1 is 0.564 bits per heavy atom. The number of rotatable bonds is 11. The lowest BCUT2D eigenvalue weighted by Crippen LogP contribution is -2.58. The maximum atomic E-state index is 6.69. The third-order valence-electron chi connectivity index (χ3n) is 6.86. The largest absolute Gasteiger partial charge is 0.368 e. The highest BCUT2D eigenvalue weighted by molar-refractivity contribution is 7.99. The molecule has 0 aromatic heterocycles.